The van der Waals surface area contributed by atoms with Crippen LogP contribution in [0.5, 0.6) is 5.75 Å². The zero-order valence-electron chi connectivity index (χ0n) is 17.6. The maximum Gasteiger partial charge on any atom is 0.250 e. The van der Waals surface area contributed by atoms with Gasteiger partial charge in [0.1, 0.15) is 17.1 Å². The molecule has 2 aromatic rings. The van der Waals surface area contributed by atoms with Crippen molar-refractivity contribution in [2.24, 2.45) is 11.8 Å². The van der Waals surface area contributed by atoms with Crippen LogP contribution in [-0.2, 0) is 15.1 Å². The summed E-state index contributed by atoms with van der Waals surface area (Å²) in [5, 5.41) is 9.53. The van der Waals surface area contributed by atoms with Crippen molar-refractivity contribution in [1.29, 1.82) is 0 Å². The van der Waals surface area contributed by atoms with Crippen LogP contribution in [0.4, 0.5) is 15.8 Å². The molecule has 2 heterocycles. The van der Waals surface area contributed by atoms with Crippen LogP contribution in [0.15, 0.2) is 36.4 Å². The Labute approximate surface area is 185 Å². The Balaban J connectivity index is 1.74. The molecule has 31 heavy (non-hydrogen) atoms. The quantitative estimate of drug-likeness (QED) is 0.641. The predicted molar refractivity (Wildman–Crippen MR) is 118 cm³/mol. The molecule has 4 rings (SSSR count). The largest absolute Gasteiger partial charge is 0.495 e. The Hall–Kier alpha value is -2.64. The van der Waals surface area contributed by atoms with E-state index in [0.29, 0.717) is 40.0 Å². The summed E-state index contributed by atoms with van der Waals surface area (Å²) in [6.45, 7) is 4.17. The third-order valence-electron chi connectivity index (χ3n) is 5.98. The van der Waals surface area contributed by atoms with E-state index in [-0.39, 0.29) is 17.9 Å². The van der Waals surface area contributed by atoms with Gasteiger partial charge in [-0.3, -0.25) is 14.9 Å². The molecule has 1 spiro atoms. The van der Waals surface area contributed by atoms with Crippen molar-refractivity contribution in [2.45, 2.75) is 38.3 Å². The Morgan fingerprint density at radius 3 is 2.81 bits per heavy atom. The smallest absolute Gasteiger partial charge is 0.250 e. The summed E-state index contributed by atoms with van der Waals surface area (Å²) in [6.07, 6.45) is 1.22. The molecule has 0 radical (unpaired) electrons. The highest BCUT2D eigenvalue weighted by molar-refractivity contribution is 6.31. The van der Waals surface area contributed by atoms with E-state index in [1.165, 1.54) is 25.3 Å². The molecule has 8 heteroatoms. The lowest BCUT2D eigenvalue weighted by atomic mass is 9.79. The molecule has 0 bridgehead atoms. The average Bonchev–Trinajstić information content (AvgIpc) is 3.21. The van der Waals surface area contributed by atoms with E-state index < -0.39 is 17.3 Å². The Bertz CT molecular complexity index is 1040. The first-order valence-corrected chi connectivity index (χ1v) is 10.7. The van der Waals surface area contributed by atoms with Crippen molar-refractivity contribution in [2.75, 3.05) is 17.7 Å². The monoisotopic (exact) mass is 445 g/mol. The van der Waals surface area contributed by atoms with Crippen molar-refractivity contribution in [3.63, 3.8) is 0 Å². The molecule has 2 aromatic carbocycles. The molecule has 2 aliphatic rings. The van der Waals surface area contributed by atoms with Crippen molar-refractivity contribution in [1.82, 2.24) is 5.32 Å². The predicted octanol–water partition coefficient (Wildman–Crippen LogP) is 4.30. The van der Waals surface area contributed by atoms with Crippen molar-refractivity contribution < 1.29 is 18.7 Å². The summed E-state index contributed by atoms with van der Waals surface area (Å²) < 4.78 is 19.5. The van der Waals surface area contributed by atoms with E-state index in [1.807, 2.05) is 0 Å². The maximum atomic E-state index is 14.2. The minimum Gasteiger partial charge on any atom is -0.495 e. The SMILES string of the molecule is COc1ccc(Cl)cc1NC(=O)C1CC(CC(C)C)NC12C(=O)Nc1ccc(F)cc12. The minimum absolute atomic E-state index is 0.0722. The highest BCUT2D eigenvalue weighted by atomic mass is 35.5. The van der Waals surface area contributed by atoms with Crippen LogP contribution in [0.25, 0.3) is 0 Å². The molecule has 164 valence electrons. The molecule has 0 aromatic heterocycles. The van der Waals surface area contributed by atoms with Gasteiger partial charge in [-0.15, -0.1) is 0 Å². The zero-order valence-corrected chi connectivity index (χ0v) is 18.3. The molecule has 6 nitrogen and oxygen atoms in total. The van der Waals surface area contributed by atoms with Crippen LogP contribution in [0.2, 0.25) is 5.02 Å². The summed E-state index contributed by atoms with van der Waals surface area (Å²) in [7, 11) is 1.50. The number of anilines is 2. The number of benzene rings is 2. The molecule has 3 N–H and O–H groups in total. The molecular formula is C23H25ClFN3O3. The fraction of sp³-hybridized carbons (Fsp3) is 0.391. The third-order valence-corrected chi connectivity index (χ3v) is 6.21. The van der Waals surface area contributed by atoms with Gasteiger partial charge in [-0.1, -0.05) is 25.4 Å². The molecule has 0 aliphatic carbocycles. The van der Waals surface area contributed by atoms with Gasteiger partial charge in [-0.05, 0) is 55.2 Å². The van der Waals surface area contributed by atoms with Gasteiger partial charge in [0, 0.05) is 22.3 Å². The fourth-order valence-corrected chi connectivity index (χ4v) is 4.92. The van der Waals surface area contributed by atoms with Gasteiger partial charge in [0.15, 0.2) is 0 Å². The van der Waals surface area contributed by atoms with E-state index >= 15 is 0 Å². The molecule has 3 unspecified atom stereocenters. The Morgan fingerprint density at radius 2 is 2.10 bits per heavy atom. The fourth-order valence-electron chi connectivity index (χ4n) is 4.75. The number of amides is 2. The van der Waals surface area contributed by atoms with Crippen LogP contribution in [0, 0.1) is 17.7 Å². The summed E-state index contributed by atoms with van der Waals surface area (Å²) in [5.41, 5.74) is 0.0527. The number of halogens is 2. The second kappa shape index (κ2) is 8.13. The van der Waals surface area contributed by atoms with Crippen LogP contribution >= 0.6 is 11.6 Å². The van der Waals surface area contributed by atoms with Crippen molar-refractivity contribution in [3.8, 4) is 5.75 Å². The van der Waals surface area contributed by atoms with Crippen molar-refractivity contribution in [3.05, 3.63) is 52.8 Å². The lowest BCUT2D eigenvalue weighted by molar-refractivity contribution is -0.130. The van der Waals surface area contributed by atoms with E-state index in [2.05, 4.69) is 29.8 Å². The van der Waals surface area contributed by atoms with Crippen LogP contribution in [-0.4, -0.2) is 25.0 Å². The summed E-state index contributed by atoms with van der Waals surface area (Å²) >= 11 is 6.10. The first-order chi connectivity index (χ1) is 14.7. The number of fused-ring (bicyclic) bond motifs is 2. The van der Waals surface area contributed by atoms with Gasteiger partial charge in [0.25, 0.3) is 0 Å². The van der Waals surface area contributed by atoms with Gasteiger partial charge >= 0.3 is 0 Å². The standard InChI is InChI=1S/C23H25ClFN3O3/c1-12(2)8-15-11-17(21(29)26-19-9-13(24)4-7-20(19)31-3)23(28-15)16-10-14(25)5-6-18(16)27-22(23)30/h4-7,9-10,12,15,17,28H,8,11H2,1-3H3,(H,26,29)(H,27,30). The molecule has 2 aliphatic heterocycles. The number of hydrogen-bond donors (Lipinski definition) is 3. The van der Waals surface area contributed by atoms with E-state index in [0.717, 1.165) is 6.42 Å². The summed E-state index contributed by atoms with van der Waals surface area (Å²) in [6, 6.07) is 9.01. The summed E-state index contributed by atoms with van der Waals surface area (Å²) in [4.78, 5) is 26.7. The van der Waals surface area contributed by atoms with E-state index in [1.54, 1.807) is 18.2 Å². The van der Waals surface area contributed by atoms with Crippen molar-refractivity contribution >= 4 is 34.8 Å². The number of hydrogen-bond acceptors (Lipinski definition) is 4. The number of rotatable bonds is 5. The minimum atomic E-state index is -1.34. The van der Waals surface area contributed by atoms with E-state index in [9.17, 15) is 14.0 Å². The first-order valence-electron chi connectivity index (χ1n) is 10.3. The lowest BCUT2D eigenvalue weighted by Crippen LogP contribution is -2.52. The molecule has 3 atom stereocenters. The highest BCUT2D eigenvalue weighted by Crippen LogP contribution is 2.48. The maximum absolute atomic E-state index is 14.2. The number of carbonyl (C=O) groups is 2. The normalized spacial score (nSPS) is 24.4. The molecule has 1 saturated heterocycles. The van der Waals surface area contributed by atoms with Gasteiger partial charge < -0.3 is 15.4 Å². The van der Waals surface area contributed by atoms with Crippen LogP contribution in [0.3, 0.4) is 0 Å². The number of ether oxygens (including phenoxy) is 1. The Morgan fingerprint density at radius 1 is 1.32 bits per heavy atom. The molecule has 0 saturated carbocycles. The Kier molecular flexibility index (Phi) is 5.66. The second-order valence-corrected chi connectivity index (χ2v) is 8.98. The second-order valence-electron chi connectivity index (χ2n) is 8.54. The number of methoxy groups -OCH3 is 1. The molecular weight excluding hydrogens is 421 g/mol. The zero-order chi connectivity index (χ0) is 22.3. The highest BCUT2D eigenvalue weighted by Gasteiger charge is 2.60. The summed E-state index contributed by atoms with van der Waals surface area (Å²) in [5.74, 6) is -1.09. The molecule has 1 fully saturated rings. The lowest BCUT2D eigenvalue weighted by Gasteiger charge is -2.29. The van der Waals surface area contributed by atoms with Gasteiger partial charge in [0.2, 0.25) is 11.8 Å². The van der Waals surface area contributed by atoms with Crippen LogP contribution < -0.4 is 20.7 Å². The number of carbonyl (C=O) groups excluding carboxylic acids is 2. The molecule has 2 amide bonds. The van der Waals surface area contributed by atoms with E-state index in [4.69, 9.17) is 16.3 Å². The average molecular weight is 446 g/mol. The van der Waals surface area contributed by atoms with Gasteiger partial charge in [0.05, 0.1) is 18.7 Å². The first kappa shape index (κ1) is 21.6. The third kappa shape index (κ3) is 3.77. The topological polar surface area (TPSA) is 79.5 Å². The number of nitrogens with one attached hydrogen (secondary N) is 3. The van der Waals surface area contributed by atoms with Gasteiger partial charge in [-0.25, -0.2) is 4.39 Å². The van der Waals surface area contributed by atoms with Crippen LogP contribution in [0.1, 0.15) is 32.3 Å². The van der Waals surface area contributed by atoms with Gasteiger partial charge in [-0.2, -0.15) is 0 Å².